The summed E-state index contributed by atoms with van der Waals surface area (Å²) < 4.78 is 40.1. The van der Waals surface area contributed by atoms with Gasteiger partial charge in [-0.25, -0.2) is 4.98 Å². The topological polar surface area (TPSA) is 169 Å². The number of amides is 1. The second-order valence-corrected chi connectivity index (χ2v) is 10.7. The quantitative estimate of drug-likeness (QED) is 0.164. The lowest BCUT2D eigenvalue weighted by Crippen LogP contribution is -2.47. The van der Waals surface area contributed by atoms with E-state index in [-0.39, 0.29) is 51.3 Å². The number of fused-ring (bicyclic) bond motifs is 1. The van der Waals surface area contributed by atoms with Crippen LogP contribution in [-0.2, 0) is 4.79 Å². The Labute approximate surface area is 248 Å². The predicted molar refractivity (Wildman–Crippen MR) is 154 cm³/mol. The highest BCUT2D eigenvalue weighted by Gasteiger charge is 2.48. The van der Waals surface area contributed by atoms with Gasteiger partial charge < -0.3 is 21.7 Å². The number of halogens is 5. The van der Waals surface area contributed by atoms with Crippen LogP contribution in [-0.4, -0.2) is 41.7 Å². The first-order chi connectivity index (χ1) is 19.4. The van der Waals surface area contributed by atoms with E-state index < -0.39 is 33.8 Å². The van der Waals surface area contributed by atoms with E-state index in [2.05, 4.69) is 9.97 Å². The molecule has 1 saturated heterocycles. The molecule has 2 aromatic carbocycles. The number of rotatable bonds is 4. The summed E-state index contributed by atoms with van der Waals surface area (Å²) in [4.78, 5) is 40.1. The molecular weight excluding hydrogens is 678 g/mol. The fraction of sp³-hybridized carbons (Fsp3) is 0.200. The molecule has 1 aliphatic heterocycles. The van der Waals surface area contributed by atoms with Crippen molar-refractivity contribution >= 4 is 68.6 Å². The van der Waals surface area contributed by atoms with Gasteiger partial charge in [0, 0.05) is 0 Å². The third-order valence-electron chi connectivity index (χ3n) is 6.46. The van der Waals surface area contributed by atoms with E-state index in [1.807, 2.05) is 34.0 Å². The molecular formula is C25H18ClF3IN9O2. The second-order valence-electron chi connectivity index (χ2n) is 8.97. The van der Waals surface area contributed by atoms with Crippen LogP contribution in [0.1, 0.15) is 23.9 Å². The van der Waals surface area contributed by atoms with Crippen LogP contribution in [0.5, 0.6) is 0 Å². The Morgan fingerprint density at radius 1 is 1.12 bits per heavy atom. The van der Waals surface area contributed by atoms with Gasteiger partial charge in [0.15, 0.2) is 5.82 Å². The third kappa shape index (κ3) is 5.08. The van der Waals surface area contributed by atoms with Gasteiger partial charge in [0.25, 0.3) is 5.56 Å². The average molecular weight is 696 g/mol. The number of para-hydroxylation sites is 1. The molecule has 4 aromatic rings. The molecule has 5 rings (SSSR count). The number of carbonyl (C=O) groups excluding carboxylic acids is 1. The minimum Gasteiger partial charge on any atom is -0.382 e. The number of carbonyl (C=O) groups is 1. The summed E-state index contributed by atoms with van der Waals surface area (Å²) >= 11 is 8.21. The summed E-state index contributed by atoms with van der Waals surface area (Å²) in [5, 5.41) is 12.2. The van der Waals surface area contributed by atoms with E-state index in [0.717, 1.165) is 0 Å². The van der Waals surface area contributed by atoms with Crippen molar-refractivity contribution in [2.24, 2.45) is 0 Å². The van der Waals surface area contributed by atoms with Crippen LogP contribution in [0.4, 0.5) is 30.8 Å². The molecule has 1 amide bonds. The van der Waals surface area contributed by atoms with Crippen LogP contribution >= 0.6 is 34.2 Å². The Morgan fingerprint density at radius 2 is 1.83 bits per heavy atom. The molecule has 0 aliphatic carbocycles. The van der Waals surface area contributed by atoms with Crippen molar-refractivity contribution in [3.63, 3.8) is 0 Å². The zero-order chi connectivity index (χ0) is 29.6. The van der Waals surface area contributed by atoms with Gasteiger partial charge in [-0.15, -0.1) is 0 Å². The lowest BCUT2D eigenvalue weighted by Gasteiger charge is -2.31. The molecule has 210 valence electrons. The number of nitrogens with zero attached hydrogens (tertiary/aromatic N) is 6. The third-order valence-corrected chi connectivity index (χ3v) is 8.24. The van der Waals surface area contributed by atoms with E-state index in [9.17, 15) is 28.0 Å². The number of nitrogen functional groups attached to an aromatic ring is 2. The van der Waals surface area contributed by atoms with Crippen LogP contribution in [0.25, 0.3) is 16.6 Å². The summed E-state index contributed by atoms with van der Waals surface area (Å²) in [6.45, 7) is 0. The Balaban J connectivity index is 1.80. The minimum absolute atomic E-state index is 0.0919. The Kier molecular flexibility index (Phi) is 7.38. The monoisotopic (exact) mass is 695 g/mol. The molecule has 3 heterocycles. The van der Waals surface area contributed by atoms with Crippen molar-refractivity contribution in [2.45, 2.75) is 28.7 Å². The Morgan fingerprint density at radius 3 is 2.49 bits per heavy atom. The van der Waals surface area contributed by atoms with E-state index in [0.29, 0.717) is 5.69 Å². The van der Waals surface area contributed by atoms with Gasteiger partial charge in [-0.05, 0) is 30.7 Å². The molecule has 0 bridgehead atoms. The Bertz CT molecular complexity index is 1780. The van der Waals surface area contributed by atoms with Gasteiger partial charge in [0.1, 0.15) is 27.3 Å². The maximum atomic E-state index is 14.0. The van der Waals surface area contributed by atoms with Gasteiger partial charge in [0.2, 0.25) is 5.95 Å². The fourth-order valence-electron chi connectivity index (χ4n) is 4.74. The molecule has 16 heteroatoms. The lowest BCUT2D eigenvalue weighted by atomic mass is 10.1. The number of benzene rings is 2. The lowest BCUT2D eigenvalue weighted by molar-refractivity contribution is -0.174. The summed E-state index contributed by atoms with van der Waals surface area (Å²) in [6.07, 6.45) is -5.31. The summed E-state index contributed by atoms with van der Waals surface area (Å²) in [6, 6.07) is 12.9. The highest BCUT2D eigenvalue weighted by molar-refractivity contribution is 14.1. The first-order valence-corrected chi connectivity index (χ1v) is 13.4. The number of nitrogens with two attached hydrogens (primary N) is 2. The van der Waals surface area contributed by atoms with Crippen molar-refractivity contribution in [2.75, 3.05) is 16.4 Å². The molecule has 0 saturated carbocycles. The normalized spacial score (nSPS) is 18.8. The van der Waals surface area contributed by atoms with Gasteiger partial charge in [-0.1, -0.05) is 58.5 Å². The highest BCUT2D eigenvalue weighted by atomic mass is 127. The molecule has 1 unspecified atom stereocenters. The van der Waals surface area contributed by atoms with Gasteiger partial charge in [0.05, 0.1) is 33.7 Å². The zero-order valence-corrected chi connectivity index (χ0v) is 23.5. The smallest absolute Gasteiger partial charge is 0.382 e. The van der Waals surface area contributed by atoms with E-state index in [4.69, 9.17) is 28.1 Å². The first kappa shape index (κ1) is 28.4. The van der Waals surface area contributed by atoms with E-state index in [1.54, 1.807) is 48.5 Å². The number of aromatic nitrogens is 4. The average Bonchev–Trinajstić information content (AvgIpc) is 3.23. The van der Waals surface area contributed by atoms with Gasteiger partial charge in [-0.2, -0.15) is 28.4 Å². The highest BCUT2D eigenvalue weighted by Crippen LogP contribution is 2.44. The molecule has 41 heavy (non-hydrogen) atoms. The summed E-state index contributed by atoms with van der Waals surface area (Å²) in [5.41, 5.74) is 11.7. The van der Waals surface area contributed by atoms with E-state index in [1.165, 1.54) is 9.47 Å². The van der Waals surface area contributed by atoms with Crippen molar-refractivity contribution in [1.29, 1.82) is 5.26 Å². The molecule has 1 aliphatic rings. The molecule has 0 radical (unpaired) electrons. The van der Waals surface area contributed by atoms with Crippen LogP contribution in [0, 0.1) is 11.3 Å². The largest absolute Gasteiger partial charge is 0.471 e. The summed E-state index contributed by atoms with van der Waals surface area (Å²) in [5.74, 6) is -2.68. The first-order valence-electron chi connectivity index (χ1n) is 11.8. The van der Waals surface area contributed by atoms with Crippen LogP contribution in [0.2, 0.25) is 5.02 Å². The number of alkyl halides is 4. The van der Waals surface area contributed by atoms with Crippen molar-refractivity contribution in [3.05, 3.63) is 75.3 Å². The second kappa shape index (κ2) is 10.7. The van der Waals surface area contributed by atoms with Crippen LogP contribution in [0.3, 0.4) is 0 Å². The van der Waals surface area contributed by atoms with Crippen LogP contribution < -0.4 is 27.2 Å². The van der Waals surface area contributed by atoms with Crippen molar-refractivity contribution in [3.8, 4) is 11.8 Å². The molecule has 1 fully saturated rings. The number of nitriles is 1. The Hall–Kier alpha value is -4.17. The molecule has 0 spiro atoms. The molecule has 2 aromatic heterocycles. The number of nitrogens with one attached hydrogen (secondary N) is 1. The maximum absolute atomic E-state index is 14.0. The zero-order valence-electron chi connectivity index (χ0n) is 20.6. The molecule has 5 N–H and O–H groups in total. The fourth-order valence-corrected chi connectivity index (χ4v) is 6.11. The van der Waals surface area contributed by atoms with E-state index >= 15 is 0 Å². The summed E-state index contributed by atoms with van der Waals surface area (Å²) in [7, 11) is 0. The maximum Gasteiger partial charge on any atom is 0.471 e. The van der Waals surface area contributed by atoms with Crippen LogP contribution in [0.15, 0.2) is 53.3 Å². The molecule has 11 nitrogen and oxygen atoms in total. The van der Waals surface area contributed by atoms with Gasteiger partial charge in [-0.3, -0.25) is 14.2 Å². The van der Waals surface area contributed by atoms with Crippen molar-refractivity contribution < 1.29 is 18.0 Å². The molecule has 3 atom stereocenters. The minimum atomic E-state index is -5.15. The van der Waals surface area contributed by atoms with Gasteiger partial charge >= 0.3 is 12.1 Å². The number of anilines is 3. The number of hydrogen-bond acceptors (Lipinski definition) is 9. The predicted octanol–water partition coefficient (Wildman–Crippen LogP) is 3.62. The standard InChI is InChI=1S/C25H18ClF3IN9O2/c26-13-7-4-8-14-17(13)22(40)38(11-5-2-1-3-6-11)21(34-14)16-9-15(35-23(41)25(27,28)29)18(30)39(16)20-12(10-31)19(32)36-24(33)37-20/h1-8,15-16,18H,9H2,(H,35,41)(H4,32,33,36,37)/t15-,16-,18?/m0/s1. The number of hydrogen-bond donors (Lipinski definition) is 3. The SMILES string of the molecule is N#Cc1c(N)nc(N)nc1N1C(I)[C@@H](NC(=O)C(F)(F)F)C[C@H]1c1nc2cccc(Cl)c2c(=O)n1-c1ccccc1. The van der Waals surface area contributed by atoms with Crippen molar-refractivity contribution in [1.82, 2.24) is 24.8 Å².